The molecule has 2 heterocycles. The van der Waals surface area contributed by atoms with Crippen LogP contribution in [0.4, 0.5) is 4.39 Å². The molecule has 1 aromatic carbocycles. The molecule has 0 unspecified atom stereocenters. The van der Waals surface area contributed by atoms with E-state index in [9.17, 15) is 9.18 Å². The summed E-state index contributed by atoms with van der Waals surface area (Å²) in [6.07, 6.45) is 6.41. The number of rotatable bonds is 5. The third-order valence-corrected chi connectivity index (χ3v) is 4.51. The van der Waals surface area contributed by atoms with Gasteiger partial charge in [-0.25, -0.2) is 14.4 Å². The van der Waals surface area contributed by atoms with Crippen LogP contribution >= 0.6 is 0 Å². The van der Waals surface area contributed by atoms with Crippen molar-refractivity contribution in [1.29, 1.82) is 0 Å². The zero-order valence-corrected chi connectivity index (χ0v) is 14.9. The Labute approximate surface area is 151 Å². The first kappa shape index (κ1) is 18.3. The van der Waals surface area contributed by atoms with Crippen LogP contribution in [0.2, 0.25) is 0 Å². The maximum atomic E-state index is 13.7. The molecule has 1 saturated heterocycles. The first-order chi connectivity index (χ1) is 12.5. The summed E-state index contributed by atoms with van der Waals surface area (Å²) in [6.45, 7) is 2.97. The SMILES string of the molecule is COc1ccc(C(=O)NCc2cnc([C@@]3(C)CCCCO3)nc2)cc1F. The van der Waals surface area contributed by atoms with E-state index in [0.29, 0.717) is 5.82 Å². The van der Waals surface area contributed by atoms with Gasteiger partial charge in [0.05, 0.1) is 7.11 Å². The Morgan fingerprint density at radius 2 is 2.12 bits per heavy atom. The molecule has 0 saturated carbocycles. The highest BCUT2D eigenvalue weighted by Gasteiger charge is 2.32. The standard InChI is InChI=1S/C19H22FN3O3/c1-19(7-3-4-8-26-19)18-22-11-13(12-23-18)10-21-17(24)14-5-6-16(25-2)15(20)9-14/h5-6,9,11-12H,3-4,7-8,10H2,1-2H3,(H,21,24)/t19-/m1/s1. The maximum absolute atomic E-state index is 13.7. The summed E-state index contributed by atoms with van der Waals surface area (Å²) < 4.78 is 24.4. The van der Waals surface area contributed by atoms with E-state index in [2.05, 4.69) is 15.3 Å². The summed E-state index contributed by atoms with van der Waals surface area (Å²) in [5.41, 5.74) is 0.542. The predicted molar refractivity (Wildman–Crippen MR) is 93.3 cm³/mol. The average molecular weight is 359 g/mol. The van der Waals surface area contributed by atoms with Gasteiger partial charge in [0.1, 0.15) is 5.60 Å². The van der Waals surface area contributed by atoms with E-state index in [0.717, 1.165) is 37.5 Å². The second kappa shape index (κ2) is 7.78. The Hall–Kier alpha value is -2.54. The minimum absolute atomic E-state index is 0.101. The summed E-state index contributed by atoms with van der Waals surface area (Å²) in [4.78, 5) is 21.0. The third-order valence-electron chi connectivity index (χ3n) is 4.51. The van der Waals surface area contributed by atoms with Crippen LogP contribution in [-0.2, 0) is 16.9 Å². The largest absolute Gasteiger partial charge is 0.494 e. The second-order valence-electron chi connectivity index (χ2n) is 6.48. The predicted octanol–water partition coefficient (Wildman–Crippen LogP) is 2.97. The Morgan fingerprint density at radius 1 is 1.35 bits per heavy atom. The van der Waals surface area contributed by atoms with E-state index in [1.54, 1.807) is 12.4 Å². The number of methoxy groups -OCH3 is 1. The van der Waals surface area contributed by atoms with Crippen molar-refractivity contribution in [3.8, 4) is 5.75 Å². The van der Waals surface area contributed by atoms with E-state index in [1.807, 2.05) is 6.92 Å². The number of aromatic nitrogens is 2. The Kier molecular flexibility index (Phi) is 5.46. The van der Waals surface area contributed by atoms with Crippen molar-refractivity contribution in [1.82, 2.24) is 15.3 Å². The Morgan fingerprint density at radius 3 is 2.73 bits per heavy atom. The topological polar surface area (TPSA) is 73.3 Å². The highest BCUT2D eigenvalue weighted by atomic mass is 19.1. The fraction of sp³-hybridized carbons (Fsp3) is 0.421. The number of ether oxygens (including phenoxy) is 2. The van der Waals surface area contributed by atoms with Crippen molar-refractivity contribution < 1.29 is 18.7 Å². The lowest BCUT2D eigenvalue weighted by Crippen LogP contribution is -2.32. The summed E-state index contributed by atoms with van der Waals surface area (Å²) in [6, 6.07) is 4.08. The molecule has 1 amide bonds. The van der Waals surface area contributed by atoms with Crippen LogP contribution in [0.1, 0.15) is 47.9 Å². The monoisotopic (exact) mass is 359 g/mol. The highest BCUT2D eigenvalue weighted by molar-refractivity contribution is 5.94. The van der Waals surface area contributed by atoms with Gasteiger partial charge < -0.3 is 14.8 Å². The molecule has 7 heteroatoms. The molecule has 0 radical (unpaired) electrons. The number of halogens is 1. The van der Waals surface area contributed by atoms with Gasteiger partial charge in [-0.15, -0.1) is 0 Å². The van der Waals surface area contributed by atoms with Crippen LogP contribution in [0, 0.1) is 5.82 Å². The number of carbonyl (C=O) groups is 1. The van der Waals surface area contributed by atoms with Gasteiger partial charge >= 0.3 is 0 Å². The molecule has 1 aliphatic rings. The van der Waals surface area contributed by atoms with Gasteiger partial charge in [0.25, 0.3) is 5.91 Å². The van der Waals surface area contributed by atoms with E-state index >= 15 is 0 Å². The van der Waals surface area contributed by atoms with E-state index in [1.165, 1.54) is 19.2 Å². The molecule has 0 spiro atoms. The van der Waals surface area contributed by atoms with Crippen LogP contribution in [0.25, 0.3) is 0 Å². The Bertz CT molecular complexity index is 774. The van der Waals surface area contributed by atoms with Gasteiger partial charge in [-0.05, 0) is 44.4 Å². The van der Waals surface area contributed by atoms with Crippen LogP contribution in [-0.4, -0.2) is 29.6 Å². The molecule has 26 heavy (non-hydrogen) atoms. The van der Waals surface area contributed by atoms with Crippen molar-refractivity contribution in [3.63, 3.8) is 0 Å². The zero-order chi connectivity index (χ0) is 18.6. The van der Waals surface area contributed by atoms with E-state index < -0.39 is 11.4 Å². The van der Waals surface area contributed by atoms with Crippen LogP contribution in [0.15, 0.2) is 30.6 Å². The smallest absolute Gasteiger partial charge is 0.251 e. The number of nitrogens with zero attached hydrogens (tertiary/aromatic N) is 2. The minimum Gasteiger partial charge on any atom is -0.494 e. The van der Waals surface area contributed by atoms with Crippen molar-refractivity contribution in [2.75, 3.05) is 13.7 Å². The summed E-state index contributed by atoms with van der Waals surface area (Å²) in [5.74, 6) is -0.194. The first-order valence-electron chi connectivity index (χ1n) is 8.59. The Balaban J connectivity index is 1.61. The average Bonchev–Trinajstić information content (AvgIpc) is 2.67. The van der Waals surface area contributed by atoms with Gasteiger partial charge in [0, 0.05) is 36.7 Å². The normalized spacial score (nSPS) is 19.8. The molecule has 0 bridgehead atoms. The molecule has 2 aromatic rings. The summed E-state index contributed by atoms with van der Waals surface area (Å²) >= 11 is 0. The summed E-state index contributed by atoms with van der Waals surface area (Å²) in [5, 5.41) is 2.73. The molecule has 1 fully saturated rings. The summed E-state index contributed by atoms with van der Waals surface area (Å²) in [7, 11) is 1.38. The van der Waals surface area contributed by atoms with Crippen LogP contribution in [0.3, 0.4) is 0 Å². The zero-order valence-electron chi connectivity index (χ0n) is 14.9. The number of hydrogen-bond acceptors (Lipinski definition) is 5. The van der Waals surface area contributed by atoms with Gasteiger partial charge in [-0.2, -0.15) is 0 Å². The number of hydrogen-bond donors (Lipinski definition) is 1. The number of nitrogens with one attached hydrogen (secondary N) is 1. The first-order valence-corrected chi connectivity index (χ1v) is 8.59. The van der Waals surface area contributed by atoms with Crippen LogP contribution in [0.5, 0.6) is 5.75 Å². The second-order valence-corrected chi connectivity index (χ2v) is 6.48. The number of benzene rings is 1. The fourth-order valence-corrected chi connectivity index (χ4v) is 2.92. The van der Waals surface area contributed by atoms with Crippen molar-refractivity contribution >= 4 is 5.91 Å². The van der Waals surface area contributed by atoms with Gasteiger partial charge in [-0.1, -0.05) is 0 Å². The molecule has 138 valence electrons. The molecule has 1 N–H and O–H groups in total. The highest BCUT2D eigenvalue weighted by Crippen LogP contribution is 2.32. The molecule has 6 nitrogen and oxygen atoms in total. The molecule has 1 atom stereocenters. The van der Waals surface area contributed by atoms with Crippen molar-refractivity contribution in [3.05, 3.63) is 53.4 Å². The van der Waals surface area contributed by atoms with Gasteiger partial charge in [0.15, 0.2) is 17.4 Å². The quantitative estimate of drug-likeness (QED) is 0.888. The molecular weight excluding hydrogens is 337 g/mol. The molecular formula is C19H22FN3O3. The van der Waals surface area contributed by atoms with Gasteiger partial charge in [-0.3, -0.25) is 4.79 Å². The lowest BCUT2D eigenvalue weighted by atomic mass is 9.95. The van der Waals surface area contributed by atoms with Crippen molar-refractivity contribution in [2.24, 2.45) is 0 Å². The van der Waals surface area contributed by atoms with E-state index in [-0.39, 0.29) is 23.8 Å². The van der Waals surface area contributed by atoms with Crippen molar-refractivity contribution in [2.45, 2.75) is 38.3 Å². The number of carbonyl (C=O) groups excluding carboxylic acids is 1. The number of amides is 1. The molecule has 1 aliphatic heterocycles. The lowest BCUT2D eigenvalue weighted by molar-refractivity contribution is -0.0760. The molecule has 3 rings (SSSR count). The maximum Gasteiger partial charge on any atom is 0.251 e. The minimum atomic E-state index is -0.575. The molecule has 1 aromatic heterocycles. The fourth-order valence-electron chi connectivity index (χ4n) is 2.92. The van der Waals surface area contributed by atoms with E-state index in [4.69, 9.17) is 9.47 Å². The lowest BCUT2D eigenvalue weighted by Gasteiger charge is -2.32. The molecule has 0 aliphatic carbocycles. The third kappa shape index (κ3) is 3.99. The van der Waals surface area contributed by atoms with Crippen LogP contribution < -0.4 is 10.1 Å². The van der Waals surface area contributed by atoms with Gasteiger partial charge in [0.2, 0.25) is 0 Å².